The average Bonchev–Trinajstić information content (AvgIpc) is 2.40. The van der Waals surface area contributed by atoms with E-state index in [1.165, 1.54) is 14.2 Å². The zero-order chi connectivity index (χ0) is 14.3. The first-order valence-corrected chi connectivity index (χ1v) is 6.46. The number of nitrogens with zero attached hydrogens (tertiary/aromatic N) is 1. The Hall–Kier alpha value is -1.26. The minimum Gasteiger partial charge on any atom is -0.469 e. The number of carbonyl (C=O) groups is 1. The van der Waals surface area contributed by atoms with Crippen molar-refractivity contribution >= 4 is 34.9 Å². The molecule has 0 unspecified atom stereocenters. The fraction of sp³-hybridized carbons (Fsp3) is 0.385. The van der Waals surface area contributed by atoms with E-state index in [-0.39, 0.29) is 5.97 Å². The number of halogens is 2. The van der Waals surface area contributed by atoms with Gasteiger partial charge in [-0.3, -0.25) is 4.79 Å². The van der Waals surface area contributed by atoms with Gasteiger partial charge in [0.05, 0.1) is 22.9 Å². The van der Waals surface area contributed by atoms with Gasteiger partial charge in [0.2, 0.25) is 0 Å². The first-order valence-electron chi connectivity index (χ1n) is 5.70. The molecule has 104 valence electrons. The van der Waals surface area contributed by atoms with Crippen molar-refractivity contribution in [1.82, 2.24) is 0 Å². The molecule has 0 aliphatic rings. The average molecular weight is 304 g/mol. The smallest absolute Gasteiger partial charge is 0.305 e. The molecule has 0 fully saturated rings. The monoisotopic (exact) mass is 303 g/mol. The summed E-state index contributed by atoms with van der Waals surface area (Å²) in [6.45, 7) is 0. The van der Waals surface area contributed by atoms with Crippen LogP contribution in [0.2, 0.25) is 10.0 Å². The molecule has 0 N–H and O–H groups in total. The molecule has 0 radical (unpaired) electrons. The lowest BCUT2D eigenvalue weighted by atomic mass is 10.0. The van der Waals surface area contributed by atoms with Crippen LogP contribution in [0.4, 0.5) is 0 Å². The highest BCUT2D eigenvalue weighted by atomic mass is 35.5. The molecule has 1 rings (SSSR count). The second-order valence-corrected chi connectivity index (χ2v) is 4.59. The van der Waals surface area contributed by atoms with Crippen LogP contribution in [0.1, 0.15) is 24.8 Å². The van der Waals surface area contributed by atoms with Crippen LogP contribution in [-0.4, -0.2) is 25.9 Å². The van der Waals surface area contributed by atoms with E-state index in [0.717, 1.165) is 5.56 Å². The first kappa shape index (κ1) is 15.8. The van der Waals surface area contributed by atoms with Crippen LogP contribution in [0, 0.1) is 0 Å². The number of benzene rings is 1. The zero-order valence-corrected chi connectivity index (χ0v) is 12.3. The van der Waals surface area contributed by atoms with Gasteiger partial charge in [0.15, 0.2) is 0 Å². The zero-order valence-electron chi connectivity index (χ0n) is 10.8. The summed E-state index contributed by atoms with van der Waals surface area (Å²) in [5.41, 5.74) is 1.53. The maximum Gasteiger partial charge on any atom is 0.305 e. The fourth-order valence-corrected chi connectivity index (χ4v) is 1.83. The van der Waals surface area contributed by atoms with Crippen LogP contribution in [-0.2, 0) is 14.4 Å². The van der Waals surface area contributed by atoms with Crippen molar-refractivity contribution in [3.8, 4) is 0 Å². The van der Waals surface area contributed by atoms with Crippen LogP contribution < -0.4 is 0 Å². The van der Waals surface area contributed by atoms with Crippen molar-refractivity contribution in [3.05, 3.63) is 33.8 Å². The highest BCUT2D eigenvalue weighted by molar-refractivity contribution is 6.42. The predicted octanol–water partition coefficient (Wildman–Crippen LogP) is 3.69. The molecule has 0 heterocycles. The van der Waals surface area contributed by atoms with Crippen molar-refractivity contribution in [2.75, 3.05) is 14.2 Å². The van der Waals surface area contributed by atoms with E-state index in [1.54, 1.807) is 12.1 Å². The lowest BCUT2D eigenvalue weighted by Crippen LogP contribution is -2.05. The first-order chi connectivity index (χ1) is 9.08. The summed E-state index contributed by atoms with van der Waals surface area (Å²) in [4.78, 5) is 15.9. The molecule has 19 heavy (non-hydrogen) atoms. The highest BCUT2D eigenvalue weighted by Crippen LogP contribution is 2.23. The highest BCUT2D eigenvalue weighted by Gasteiger charge is 2.09. The number of ether oxygens (including phenoxy) is 1. The second kappa shape index (κ2) is 8.02. The Morgan fingerprint density at radius 1 is 1.21 bits per heavy atom. The van der Waals surface area contributed by atoms with E-state index in [4.69, 9.17) is 28.0 Å². The van der Waals surface area contributed by atoms with Crippen molar-refractivity contribution < 1.29 is 14.4 Å². The summed E-state index contributed by atoms with van der Waals surface area (Å²) in [6.07, 6.45) is 1.54. The maximum atomic E-state index is 11.1. The third-order valence-electron chi connectivity index (χ3n) is 2.48. The van der Waals surface area contributed by atoms with E-state index >= 15 is 0 Å². The molecule has 0 atom stereocenters. The van der Waals surface area contributed by atoms with Gasteiger partial charge in [0.25, 0.3) is 0 Å². The molecule has 0 aliphatic heterocycles. The van der Waals surface area contributed by atoms with E-state index in [9.17, 15) is 4.79 Å². The largest absolute Gasteiger partial charge is 0.469 e. The minimum absolute atomic E-state index is 0.245. The van der Waals surface area contributed by atoms with Gasteiger partial charge < -0.3 is 9.57 Å². The van der Waals surface area contributed by atoms with E-state index in [0.29, 0.717) is 35.0 Å². The van der Waals surface area contributed by atoms with E-state index in [2.05, 4.69) is 9.89 Å². The Labute approximate surface area is 122 Å². The van der Waals surface area contributed by atoms with Gasteiger partial charge in [0.1, 0.15) is 7.11 Å². The van der Waals surface area contributed by atoms with Crippen molar-refractivity contribution in [3.63, 3.8) is 0 Å². The van der Waals surface area contributed by atoms with Gasteiger partial charge in [-0.15, -0.1) is 0 Å². The molecule has 0 bridgehead atoms. The SMILES string of the molecule is CON=C(CCCC(=O)OC)c1ccc(Cl)c(Cl)c1. The van der Waals surface area contributed by atoms with Crippen LogP contribution in [0.25, 0.3) is 0 Å². The second-order valence-electron chi connectivity index (χ2n) is 3.78. The minimum atomic E-state index is -0.245. The third-order valence-corrected chi connectivity index (χ3v) is 3.22. The quantitative estimate of drug-likeness (QED) is 0.457. The lowest BCUT2D eigenvalue weighted by Gasteiger charge is -2.07. The molecule has 1 aromatic carbocycles. The Morgan fingerprint density at radius 2 is 1.95 bits per heavy atom. The van der Waals surface area contributed by atoms with E-state index < -0.39 is 0 Å². The van der Waals surface area contributed by atoms with Gasteiger partial charge in [-0.2, -0.15) is 0 Å². The molecule has 0 saturated carbocycles. The van der Waals surface area contributed by atoms with Crippen LogP contribution in [0.15, 0.2) is 23.4 Å². The Kier molecular flexibility index (Phi) is 6.67. The molecule has 0 amide bonds. The molecule has 0 aliphatic carbocycles. The molecule has 1 aromatic rings. The molecule has 4 nitrogen and oxygen atoms in total. The summed E-state index contributed by atoms with van der Waals surface area (Å²) in [5.74, 6) is -0.245. The number of hydrogen-bond donors (Lipinski definition) is 0. The molecule has 0 aromatic heterocycles. The summed E-state index contributed by atoms with van der Waals surface area (Å²) in [7, 11) is 2.84. The van der Waals surface area contributed by atoms with Gasteiger partial charge in [-0.25, -0.2) is 0 Å². The summed E-state index contributed by atoms with van der Waals surface area (Å²) in [5, 5.41) is 4.89. The standard InChI is InChI=1S/C13H15Cl2NO3/c1-18-13(17)5-3-4-12(16-19-2)9-6-7-10(14)11(15)8-9/h6-8H,3-5H2,1-2H3. The fourth-order valence-electron chi connectivity index (χ4n) is 1.53. The van der Waals surface area contributed by atoms with Crippen LogP contribution in [0.3, 0.4) is 0 Å². The van der Waals surface area contributed by atoms with Crippen LogP contribution >= 0.6 is 23.2 Å². The molecule has 6 heteroatoms. The van der Waals surface area contributed by atoms with Gasteiger partial charge in [-0.1, -0.05) is 34.4 Å². The predicted molar refractivity (Wildman–Crippen MR) is 75.9 cm³/mol. The summed E-state index contributed by atoms with van der Waals surface area (Å²) >= 11 is 11.8. The van der Waals surface area contributed by atoms with Crippen molar-refractivity contribution in [2.45, 2.75) is 19.3 Å². The maximum absolute atomic E-state index is 11.1. The van der Waals surface area contributed by atoms with Gasteiger partial charge in [-0.05, 0) is 25.0 Å². The lowest BCUT2D eigenvalue weighted by molar-refractivity contribution is -0.140. The number of esters is 1. The number of rotatable bonds is 6. The van der Waals surface area contributed by atoms with E-state index in [1.807, 2.05) is 6.07 Å². The molecule has 0 spiro atoms. The molecular formula is C13H15Cl2NO3. The Bertz CT molecular complexity index is 475. The summed E-state index contributed by atoms with van der Waals surface area (Å²) < 4.78 is 4.58. The normalized spacial score (nSPS) is 11.3. The Morgan fingerprint density at radius 3 is 2.53 bits per heavy atom. The number of oxime groups is 1. The van der Waals surface area contributed by atoms with Gasteiger partial charge >= 0.3 is 5.97 Å². The summed E-state index contributed by atoms with van der Waals surface area (Å²) in [6, 6.07) is 5.23. The third kappa shape index (κ3) is 5.09. The van der Waals surface area contributed by atoms with Crippen molar-refractivity contribution in [1.29, 1.82) is 0 Å². The number of carbonyl (C=O) groups excluding carboxylic acids is 1. The number of methoxy groups -OCH3 is 1. The van der Waals surface area contributed by atoms with Gasteiger partial charge in [0, 0.05) is 12.0 Å². The Balaban J connectivity index is 2.74. The van der Waals surface area contributed by atoms with Crippen molar-refractivity contribution in [2.24, 2.45) is 5.16 Å². The number of hydrogen-bond acceptors (Lipinski definition) is 4. The molecule has 0 saturated heterocycles. The molecular weight excluding hydrogens is 289 g/mol. The topological polar surface area (TPSA) is 47.9 Å². The van der Waals surface area contributed by atoms with Crippen LogP contribution in [0.5, 0.6) is 0 Å².